The van der Waals surface area contributed by atoms with E-state index in [0.717, 1.165) is 29.8 Å². The van der Waals surface area contributed by atoms with Crippen LogP contribution in [0.5, 0.6) is 5.75 Å². The molecule has 2 aromatic rings. The molecule has 3 N–H and O–H groups in total. The standard InChI is InChI=1S/C25H35N5O2/c1-16(12-23(32)26-6)17-8-9-19(21(31)13-17)20-10-11-22(28-27-20)30(7)18-14-24(2,3)29-25(4,5)15-18/h8-13,18,29,31H,14-15H2,1-7H3,(H,26,32)/b16-12+. The molecule has 0 atom stereocenters. The quantitative estimate of drug-likeness (QED) is 0.618. The minimum Gasteiger partial charge on any atom is -0.507 e. The van der Waals surface area contributed by atoms with Crippen LogP contribution in [-0.2, 0) is 4.79 Å². The predicted octanol–water partition coefficient (Wildman–Crippen LogP) is 3.74. The average Bonchev–Trinajstić information content (AvgIpc) is 2.71. The summed E-state index contributed by atoms with van der Waals surface area (Å²) >= 11 is 0. The zero-order valence-electron chi connectivity index (χ0n) is 20.2. The van der Waals surface area contributed by atoms with Crippen molar-refractivity contribution < 1.29 is 9.90 Å². The van der Waals surface area contributed by atoms with Crippen molar-refractivity contribution in [2.45, 2.75) is 64.6 Å². The topological polar surface area (TPSA) is 90.4 Å². The SMILES string of the molecule is CNC(=O)/C=C(\C)c1ccc(-c2ccc(N(C)C3CC(C)(C)NC(C)(C)C3)nn2)c(O)c1. The van der Waals surface area contributed by atoms with Crippen molar-refractivity contribution in [1.29, 1.82) is 0 Å². The highest BCUT2D eigenvalue weighted by Gasteiger charge is 2.39. The third-order valence-electron chi connectivity index (χ3n) is 6.05. The number of rotatable bonds is 5. The summed E-state index contributed by atoms with van der Waals surface area (Å²) in [5.41, 5.74) is 2.84. The first kappa shape index (κ1) is 23.7. The largest absolute Gasteiger partial charge is 0.507 e. The zero-order chi connectivity index (χ0) is 23.7. The van der Waals surface area contributed by atoms with Gasteiger partial charge in [-0.15, -0.1) is 10.2 Å². The monoisotopic (exact) mass is 437 g/mol. The zero-order valence-corrected chi connectivity index (χ0v) is 20.2. The summed E-state index contributed by atoms with van der Waals surface area (Å²) in [4.78, 5) is 13.8. The highest BCUT2D eigenvalue weighted by atomic mass is 16.3. The van der Waals surface area contributed by atoms with E-state index in [4.69, 9.17) is 0 Å². The molecule has 172 valence electrons. The predicted molar refractivity (Wildman–Crippen MR) is 130 cm³/mol. The fourth-order valence-electron chi connectivity index (χ4n) is 4.73. The molecule has 0 radical (unpaired) electrons. The number of nitrogens with zero attached hydrogens (tertiary/aromatic N) is 3. The molecule has 7 heteroatoms. The maximum Gasteiger partial charge on any atom is 0.244 e. The first-order valence-corrected chi connectivity index (χ1v) is 11.0. The second-order valence-corrected chi connectivity index (χ2v) is 10.0. The Morgan fingerprint density at radius 2 is 1.81 bits per heavy atom. The van der Waals surface area contributed by atoms with Crippen LogP contribution in [-0.4, -0.2) is 52.4 Å². The fourth-order valence-corrected chi connectivity index (χ4v) is 4.73. The molecule has 7 nitrogen and oxygen atoms in total. The van der Waals surface area contributed by atoms with E-state index in [0.29, 0.717) is 17.3 Å². The van der Waals surface area contributed by atoms with Crippen molar-refractivity contribution in [3.63, 3.8) is 0 Å². The van der Waals surface area contributed by atoms with Crippen molar-refractivity contribution >= 4 is 17.3 Å². The Balaban J connectivity index is 1.80. The number of piperidine rings is 1. The minimum atomic E-state index is -0.183. The van der Waals surface area contributed by atoms with Crippen molar-refractivity contribution in [3.8, 4) is 17.0 Å². The fraction of sp³-hybridized carbons (Fsp3) is 0.480. The average molecular weight is 438 g/mol. The van der Waals surface area contributed by atoms with Gasteiger partial charge in [-0.1, -0.05) is 6.07 Å². The van der Waals surface area contributed by atoms with Crippen molar-refractivity contribution in [1.82, 2.24) is 20.8 Å². The molecule has 1 aromatic carbocycles. The number of carbonyl (C=O) groups excluding carboxylic acids is 1. The van der Waals surface area contributed by atoms with Crippen LogP contribution in [0.25, 0.3) is 16.8 Å². The maximum absolute atomic E-state index is 11.6. The molecular formula is C25H35N5O2. The summed E-state index contributed by atoms with van der Waals surface area (Å²) in [5.74, 6) is 0.731. The van der Waals surface area contributed by atoms with Gasteiger partial charge >= 0.3 is 0 Å². The van der Waals surface area contributed by atoms with Gasteiger partial charge in [-0.2, -0.15) is 0 Å². The number of allylic oxidation sites excluding steroid dienone is 1. The lowest BCUT2D eigenvalue weighted by Crippen LogP contribution is -2.62. The highest BCUT2D eigenvalue weighted by Crippen LogP contribution is 2.34. The van der Waals surface area contributed by atoms with Gasteiger partial charge in [0.25, 0.3) is 0 Å². The molecule has 0 bridgehead atoms. The number of aromatic hydroxyl groups is 1. The molecule has 2 heterocycles. The van der Waals surface area contributed by atoms with Crippen LogP contribution < -0.4 is 15.5 Å². The van der Waals surface area contributed by atoms with Crippen LogP contribution in [0.4, 0.5) is 5.82 Å². The highest BCUT2D eigenvalue weighted by molar-refractivity contribution is 5.94. The van der Waals surface area contributed by atoms with E-state index < -0.39 is 0 Å². The first-order valence-electron chi connectivity index (χ1n) is 11.0. The molecule has 1 fully saturated rings. The number of nitrogens with one attached hydrogen (secondary N) is 2. The number of hydrogen-bond donors (Lipinski definition) is 3. The number of likely N-dealkylation sites (N-methyl/N-ethyl adjacent to an activating group) is 1. The Bertz CT molecular complexity index is 995. The van der Waals surface area contributed by atoms with E-state index in [1.54, 1.807) is 19.2 Å². The van der Waals surface area contributed by atoms with E-state index in [9.17, 15) is 9.90 Å². The second kappa shape index (κ2) is 8.90. The second-order valence-electron chi connectivity index (χ2n) is 10.0. The molecule has 32 heavy (non-hydrogen) atoms. The van der Waals surface area contributed by atoms with Crippen LogP contribution in [0.2, 0.25) is 0 Å². The van der Waals surface area contributed by atoms with E-state index in [1.165, 1.54) is 6.08 Å². The number of carbonyl (C=O) groups is 1. The van der Waals surface area contributed by atoms with Gasteiger partial charge in [0.05, 0.1) is 5.69 Å². The molecule has 0 saturated carbocycles. The summed E-state index contributed by atoms with van der Waals surface area (Å²) in [6.07, 6.45) is 3.53. The maximum atomic E-state index is 11.6. The van der Waals surface area contributed by atoms with Gasteiger partial charge in [0, 0.05) is 42.9 Å². The van der Waals surface area contributed by atoms with Crippen LogP contribution >= 0.6 is 0 Å². The van der Waals surface area contributed by atoms with Gasteiger partial charge in [0.1, 0.15) is 5.75 Å². The van der Waals surface area contributed by atoms with Gasteiger partial charge in [0.2, 0.25) is 5.91 Å². The Labute approximate surface area is 190 Å². The Hall–Kier alpha value is -2.93. The van der Waals surface area contributed by atoms with Crippen LogP contribution in [0.15, 0.2) is 36.4 Å². The summed E-state index contributed by atoms with van der Waals surface area (Å²) < 4.78 is 0. The summed E-state index contributed by atoms with van der Waals surface area (Å²) in [5, 5.41) is 25.7. The molecule has 0 aliphatic carbocycles. The molecule has 0 unspecified atom stereocenters. The molecule has 1 saturated heterocycles. The molecule has 3 rings (SSSR count). The summed E-state index contributed by atoms with van der Waals surface area (Å²) in [7, 11) is 3.65. The first-order chi connectivity index (χ1) is 14.9. The lowest BCUT2D eigenvalue weighted by molar-refractivity contribution is -0.116. The minimum absolute atomic E-state index is 0.0476. The van der Waals surface area contributed by atoms with Gasteiger partial charge < -0.3 is 20.6 Å². The van der Waals surface area contributed by atoms with Gasteiger partial charge in [-0.05, 0) is 82.9 Å². The lowest BCUT2D eigenvalue weighted by Gasteiger charge is -2.49. The molecule has 1 amide bonds. The van der Waals surface area contributed by atoms with Crippen LogP contribution in [0.1, 0.15) is 53.0 Å². The van der Waals surface area contributed by atoms with Gasteiger partial charge in [-0.25, -0.2) is 0 Å². The number of anilines is 1. The molecule has 0 spiro atoms. The van der Waals surface area contributed by atoms with E-state index in [1.807, 2.05) is 25.1 Å². The van der Waals surface area contributed by atoms with Gasteiger partial charge in [0.15, 0.2) is 5.82 Å². The number of benzene rings is 1. The third kappa shape index (κ3) is 5.46. The Morgan fingerprint density at radius 3 is 2.34 bits per heavy atom. The normalized spacial score (nSPS) is 18.3. The van der Waals surface area contributed by atoms with Crippen molar-refractivity contribution in [3.05, 3.63) is 42.0 Å². The van der Waals surface area contributed by atoms with Crippen molar-refractivity contribution in [2.75, 3.05) is 19.0 Å². The Kier molecular flexibility index (Phi) is 6.60. The third-order valence-corrected chi connectivity index (χ3v) is 6.05. The molecule has 1 aliphatic heterocycles. The molecule has 1 aliphatic rings. The summed E-state index contributed by atoms with van der Waals surface area (Å²) in [6.45, 7) is 10.8. The summed E-state index contributed by atoms with van der Waals surface area (Å²) in [6, 6.07) is 9.50. The Morgan fingerprint density at radius 1 is 1.16 bits per heavy atom. The van der Waals surface area contributed by atoms with Crippen LogP contribution in [0, 0.1) is 0 Å². The van der Waals surface area contributed by atoms with E-state index in [2.05, 4.69) is 60.5 Å². The van der Waals surface area contributed by atoms with Crippen LogP contribution in [0.3, 0.4) is 0 Å². The number of amides is 1. The number of phenols is 1. The molecular weight excluding hydrogens is 402 g/mol. The number of aromatic nitrogens is 2. The van der Waals surface area contributed by atoms with Gasteiger partial charge in [-0.3, -0.25) is 4.79 Å². The lowest BCUT2D eigenvalue weighted by atomic mass is 9.79. The van der Waals surface area contributed by atoms with E-state index in [-0.39, 0.29) is 22.7 Å². The van der Waals surface area contributed by atoms with Crippen molar-refractivity contribution in [2.24, 2.45) is 0 Å². The molecule has 1 aromatic heterocycles. The van der Waals surface area contributed by atoms with E-state index >= 15 is 0 Å². The smallest absolute Gasteiger partial charge is 0.244 e. The number of phenolic OH excluding ortho intramolecular Hbond substituents is 1. The number of hydrogen-bond acceptors (Lipinski definition) is 6.